The molecule has 2 aromatic rings. The monoisotopic (exact) mass is 367 g/mol. The van der Waals surface area contributed by atoms with Crippen LogP contribution in [-0.4, -0.2) is 30.0 Å². The maximum atomic E-state index is 12.3. The van der Waals surface area contributed by atoms with Crippen molar-refractivity contribution in [1.82, 2.24) is 5.32 Å². The van der Waals surface area contributed by atoms with Crippen molar-refractivity contribution in [2.24, 2.45) is 0 Å². The van der Waals surface area contributed by atoms with Crippen LogP contribution in [-0.2, 0) is 27.2 Å². The minimum absolute atomic E-state index is 0.113. The summed E-state index contributed by atoms with van der Waals surface area (Å²) in [4.78, 5) is 34.6. The van der Waals surface area contributed by atoms with Gasteiger partial charge in [0.05, 0.1) is 30.1 Å². The number of hydrogen-bond donors (Lipinski definition) is 1. The number of nitrogens with one attached hydrogen (secondary N) is 1. The van der Waals surface area contributed by atoms with E-state index in [1.165, 1.54) is 25.3 Å². The molecule has 1 N–H and O–H groups in total. The number of methoxy groups -OCH3 is 1. The predicted octanol–water partition coefficient (Wildman–Crippen LogP) is 1.91. The number of carbonyl (C=O) groups excluding carboxylic acids is 2. The Balaban J connectivity index is 2.10. The summed E-state index contributed by atoms with van der Waals surface area (Å²) in [5.74, 6) is -1.09. The van der Waals surface area contributed by atoms with Crippen LogP contribution in [0.4, 0.5) is 5.69 Å². The molecule has 0 aliphatic carbocycles. The van der Waals surface area contributed by atoms with E-state index in [4.69, 9.17) is 10.00 Å². The number of nitro groups is 1. The van der Waals surface area contributed by atoms with Crippen molar-refractivity contribution < 1.29 is 19.2 Å². The van der Waals surface area contributed by atoms with E-state index < -0.39 is 22.8 Å². The number of rotatable bonds is 7. The second-order valence-electron chi connectivity index (χ2n) is 5.76. The van der Waals surface area contributed by atoms with E-state index in [2.05, 4.69) is 5.32 Å². The number of nitrogens with zero attached hydrogens (tertiary/aromatic N) is 2. The van der Waals surface area contributed by atoms with Gasteiger partial charge in [0, 0.05) is 18.6 Å². The van der Waals surface area contributed by atoms with Crippen LogP contribution in [0.25, 0.3) is 0 Å². The molecule has 0 aliphatic heterocycles. The van der Waals surface area contributed by atoms with Crippen LogP contribution >= 0.6 is 0 Å². The topological polar surface area (TPSA) is 122 Å². The molecule has 2 aromatic carbocycles. The van der Waals surface area contributed by atoms with Crippen LogP contribution in [0.5, 0.6) is 0 Å². The lowest BCUT2D eigenvalue weighted by atomic mass is 10.0. The quantitative estimate of drug-likeness (QED) is 0.453. The minimum Gasteiger partial charge on any atom is -0.467 e. The van der Waals surface area contributed by atoms with Gasteiger partial charge in [-0.1, -0.05) is 24.3 Å². The molecular formula is C19H17N3O5. The molecule has 0 heterocycles. The van der Waals surface area contributed by atoms with Gasteiger partial charge in [0.25, 0.3) is 5.69 Å². The molecule has 0 aromatic heterocycles. The van der Waals surface area contributed by atoms with E-state index in [0.29, 0.717) is 16.7 Å². The van der Waals surface area contributed by atoms with Crippen molar-refractivity contribution >= 4 is 17.6 Å². The van der Waals surface area contributed by atoms with Crippen molar-refractivity contribution in [3.8, 4) is 6.07 Å². The molecule has 8 nitrogen and oxygen atoms in total. The fourth-order valence-corrected chi connectivity index (χ4v) is 2.55. The van der Waals surface area contributed by atoms with Crippen LogP contribution in [0.1, 0.15) is 16.7 Å². The van der Waals surface area contributed by atoms with Gasteiger partial charge in [-0.05, 0) is 23.3 Å². The number of ether oxygens (including phenoxy) is 1. The molecule has 1 atom stereocenters. The first-order valence-electron chi connectivity index (χ1n) is 8.02. The number of amides is 1. The molecule has 0 spiro atoms. The van der Waals surface area contributed by atoms with Gasteiger partial charge in [0.15, 0.2) is 0 Å². The number of esters is 1. The Hall–Kier alpha value is -3.73. The van der Waals surface area contributed by atoms with Gasteiger partial charge in [0.2, 0.25) is 5.91 Å². The summed E-state index contributed by atoms with van der Waals surface area (Å²) in [6.07, 6.45) is 0.0380. The first-order valence-corrected chi connectivity index (χ1v) is 8.02. The van der Waals surface area contributed by atoms with Crippen LogP contribution in [0, 0.1) is 21.4 Å². The number of carbonyl (C=O) groups is 2. The van der Waals surface area contributed by atoms with E-state index in [0.717, 1.165) is 0 Å². The number of nitro benzene ring substituents is 1. The first kappa shape index (κ1) is 19.6. The van der Waals surface area contributed by atoms with Crippen LogP contribution in [0.15, 0.2) is 48.5 Å². The Morgan fingerprint density at radius 3 is 2.59 bits per heavy atom. The summed E-state index contributed by atoms with van der Waals surface area (Å²) in [5.41, 5.74) is 1.48. The van der Waals surface area contributed by atoms with Crippen molar-refractivity contribution in [3.63, 3.8) is 0 Å². The first-order chi connectivity index (χ1) is 12.9. The third-order valence-electron chi connectivity index (χ3n) is 3.80. The Kier molecular flexibility index (Phi) is 6.61. The van der Waals surface area contributed by atoms with Gasteiger partial charge in [-0.25, -0.2) is 4.79 Å². The number of benzene rings is 2. The summed E-state index contributed by atoms with van der Waals surface area (Å²) in [6.45, 7) is 0. The summed E-state index contributed by atoms with van der Waals surface area (Å²) >= 11 is 0. The molecule has 0 unspecified atom stereocenters. The highest BCUT2D eigenvalue weighted by molar-refractivity contribution is 5.85. The second kappa shape index (κ2) is 9.10. The van der Waals surface area contributed by atoms with Gasteiger partial charge in [-0.3, -0.25) is 14.9 Å². The van der Waals surface area contributed by atoms with Crippen molar-refractivity contribution in [2.45, 2.75) is 18.9 Å². The van der Waals surface area contributed by atoms with E-state index in [1.54, 1.807) is 30.3 Å². The Bertz CT molecular complexity index is 904. The Morgan fingerprint density at radius 2 is 1.93 bits per heavy atom. The van der Waals surface area contributed by atoms with E-state index in [1.807, 2.05) is 6.07 Å². The van der Waals surface area contributed by atoms with Crippen molar-refractivity contribution in [1.29, 1.82) is 5.26 Å². The number of non-ortho nitro benzene ring substituents is 1. The summed E-state index contributed by atoms with van der Waals surface area (Å²) < 4.78 is 4.73. The summed E-state index contributed by atoms with van der Waals surface area (Å²) in [5, 5.41) is 22.4. The zero-order valence-corrected chi connectivity index (χ0v) is 14.5. The van der Waals surface area contributed by atoms with E-state index in [-0.39, 0.29) is 18.5 Å². The van der Waals surface area contributed by atoms with Crippen molar-refractivity contribution in [3.05, 3.63) is 75.3 Å². The average molecular weight is 367 g/mol. The molecule has 0 saturated heterocycles. The van der Waals surface area contributed by atoms with Crippen LogP contribution in [0.2, 0.25) is 0 Å². The highest BCUT2D eigenvalue weighted by atomic mass is 16.6. The standard InChI is InChI=1S/C19H17N3O5/c1-27-19(24)17(10-13-4-2-6-15(8-13)12-20)21-18(23)11-14-5-3-7-16(9-14)22(25)26/h2-9,17H,10-11H2,1H3,(H,21,23)/t17-/m1/s1. The Labute approximate surface area is 155 Å². The molecule has 138 valence electrons. The molecule has 0 fully saturated rings. The molecule has 8 heteroatoms. The Morgan fingerprint density at radius 1 is 1.22 bits per heavy atom. The summed E-state index contributed by atoms with van der Waals surface area (Å²) in [7, 11) is 1.22. The van der Waals surface area contributed by atoms with Gasteiger partial charge in [0.1, 0.15) is 6.04 Å². The van der Waals surface area contributed by atoms with Crippen LogP contribution in [0.3, 0.4) is 0 Å². The smallest absolute Gasteiger partial charge is 0.328 e. The molecule has 1 amide bonds. The van der Waals surface area contributed by atoms with Gasteiger partial charge < -0.3 is 10.1 Å². The zero-order valence-electron chi connectivity index (χ0n) is 14.5. The second-order valence-corrected chi connectivity index (χ2v) is 5.76. The lowest BCUT2D eigenvalue weighted by Gasteiger charge is -2.17. The SMILES string of the molecule is COC(=O)[C@@H](Cc1cccc(C#N)c1)NC(=O)Cc1cccc([N+](=O)[O-])c1. The summed E-state index contributed by atoms with van der Waals surface area (Å²) in [6, 6.07) is 13.5. The van der Waals surface area contributed by atoms with E-state index in [9.17, 15) is 19.7 Å². The predicted molar refractivity (Wildman–Crippen MR) is 95.6 cm³/mol. The fourth-order valence-electron chi connectivity index (χ4n) is 2.55. The largest absolute Gasteiger partial charge is 0.467 e. The third-order valence-corrected chi connectivity index (χ3v) is 3.80. The zero-order chi connectivity index (χ0) is 19.8. The number of nitriles is 1. The van der Waals surface area contributed by atoms with Gasteiger partial charge in [-0.2, -0.15) is 5.26 Å². The van der Waals surface area contributed by atoms with Crippen molar-refractivity contribution in [2.75, 3.05) is 7.11 Å². The maximum absolute atomic E-state index is 12.3. The molecule has 0 bridgehead atoms. The number of hydrogen-bond acceptors (Lipinski definition) is 6. The lowest BCUT2D eigenvalue weighted by Crippen LogP contribution is -2.43. The minimum atomic E-state index is -0.935. The average Bonchev–Trinajstić information content (AvgIpc) is 2.67. The maximum Gasteiger partial charge on any atom is 0.328 e. The van der Waals surface area contributed by atoms with Gasteiger partial charge in [-0.15, -0.1) is 0 Å². The fraction of sp³-hybridized carbons (Fsp3) is 0.211. The molecule has 0 aliphatic rings. The van der Waals surface area contributed by atoms with E-state index >= 15 is 0 Å². The highest BCUT2D eigenvalue weighted by Crippen LogP contribution is 2.14. The van der Waals surface area contributed by atoms with Crippen LogP contribution < -0.4 is 5.32 Å². The van der Waals surface area contributed by atoms with Gasteiger partial charge >= 0.3 is 5.97 Å². The third kappa shape index (κ3) is 5.64. The molecule has 2 rings (SSSR count). The lowest BCUT2D eigenvalue weighted by molar-refractivity contribution is -0.384. The normalized spacial score (nSPS) is 11.1. The highest BCUT2D eigenvalue weighted by Gasteiger charge is 2.22. The molecule has 27 heavy (non-hydrogen) atoms. The molecular weight excluding hydrogens is 350 g/mol. The molecule has 0 saturated carbocycles. The molecule has 0 radical (unpaired) electrons.